The molecule has 7 nitrogen and oxygen atoms in total. The van der Waals surface area contributed by atoms with Crippen LogP contribution < -0.4 is 11.1 Å². The van der Waals surface area contributed by atoms with Crippen LogP contribution in [0.25, 0.3) is 11.0 Å². The Bertz CT molecular complexity index is 1160. The van der Waals surface area contributed by atoms with Gasteiger partial charge in [-0.05, 0) is 57.9 Å². The molecule has 0 saturated heterocycles. The molecule has 2 amide bonds. The van der Waals surface area contributed by atoms with Crippen molar-refractivity contribution in [2.75, 3.05) is 5.32 Å². The van der Waals surface area contributed by atoms with E-state index in [1.54, 1.807) is 6.07 Å². The van der Waals surface area contributed by atoms with Gasteiger partial charge in [-0.15, -0.1) is 0 Å². The lowest BCUT2D eigenvalue weighted by Gasteiger charge is -2.20. The summed E-state index contributed by atoms with van der Waals surface area (Å²) in [5.41, 5.74) is 7.36. The normalized spacial score (nSPS) is 11.9. The molecule has 0 saturated carbocycles. The number of aryl methyl sites for hydroxylation is 1. The first kappa shape index (κ1) is 21.4. The third-order valence-corrected chi connectivity index (χ3v) is 4.79. The van der Waals surface area contributed by atoms with Crippen molar-refractivity contribution in [3.8, 4) is 0 Å². The molecule has 0 aliphatic rings. The van der Waals surface area contributed by atoms with Crippen LogP contribution in [-0.2, 0) is 5.54 Å². The van der Waals surface area contributed by atoms with Crippen LogP contribution in [0.1, 0.15) is 72.6 Å². The lowest BCUT2D eigenvalue weighted by Crippen LogP contribution is -2.24. The summed E-state index contributed by atoms with van der Waals surface area (Å²) in [5, 5.41) is 8.02. The Morgan fingerprint density at radius 3 is 2.40 bits per heavy atom. The van der Waals surface area contributed by atoms with E-state index >= 15 is 0 Å². The quantitative estimate of drug-likeness (QED) is 0.674. The van der Waals surface area contributed by atoms with Crippen molar-refractivity contribution in [2.24, 2.45) is 5.73 Å². The Balaban J connectivity index is 2.15. The Hall–Kier alpha value is -3.29. The van der Waals surface area contributed by atoms with Crippen molar-refractivity contribution in [1.82, 2.24) is 14.8 Å². The van der Waals surface area contributed by atoms with Crippen molar-refractivity contribution in [1.29, 1.82) is 0 Å². The zero-order valence-electron chi connectivity index (χ0n) is 18.0. The van der Waals surface area contributed by atoms with Crippen LogP contribution in [0.2, 0.25) is 0 Å². The van der Waals surface area contributed by atoms with Crippen molar-refractivity contribution in [2.45, 2.75) is 53.0 Å². The SMILES string of the molecule is Cc1nn(C(C)(C)C)c2nc(C(C)C)cc(C(=O)Nc3ccc(F)c(C(N)=O)c3)c12. The maximum Gasteiger partial charge on any atom is 0.256 e. The topological polar surface area (TPSA) is 103 Å². The van der Waals surface area contributed by atoms with Gasteiger partial charge in [-0.2, -0.15) is 5.10 Å². The molecule has 30 heavy (non-hydrogen) atoms. The van der Waals surface area contributed by atoms with Crippen LogP contribution in [-0.4, -0.2) is 26.6 Å². The van der Waals surface area contributed by atoms with Gasteiger partial charge in [0.1, 0.15) is 5.82 Å². The second-order valence-corrected chi connectivity index (χ2v) is 8.63. The van der Waals surface area contributed by atoms with Crippen molar-refractivity contribution < 1.29 is 14.0 Å². The molecular formula is C22H26FN5O2. The Labute approximate surface area is 174 Å². The number of nitrogens with two attached hydrogens (primary N) is 1. The fourth-order valence-corrected chi connectivity index (χ4v) is 3.24. The zero-order chi connectivity index (χ0) is 22.4. The first-order valence-electron chi connectivity index (χ1n) is 9.71. The summed E-state index contributed by atoms with van der Waals surface area (Å²) in [6, 6.07) is 5.46. The highest BCUT2D eigenvalue weighted by Gasteiger charge is 2.25. The van der Waals surface area contributed by atoms with Gasteiger partial charge in [0.15, 0.2) is 5.65 Å². The van der Waals surface area contributed by atoms with Gasteiger partial charge in [0.25, 0.3) is 11.8 Å². The highest BCUT2D eigenvalue weighted by Crippen LogP contribution is 2.29. The van der Waals surface area contributed by atoms with E-state index in [1.807, 2.05) is 46.2 Å². The van der Waals surface area contributed by atoms with Crippen LogP contribution in [0.4, 0.5) is 10.1 Å². The molecule has 1 aromatic carbocycles. The number of primary amides is 1. The van der Waals surface area contributed by atoms with E-state index in [4.69, 9.17) is 10.7 Å². The summed E-state index contributed by atoms with van der Waals surface area (Å²) in [4.78, 5) is 29.4. The van der Waals surface area contributed by atoms with Crippen molar-refractivity contribution in [3.05, 3.63) is 52.6 Å². The molecule has 2 heterocycles. The number of carbonyl (C=O) groups is 2. The second-order valence-electron chi connectivity index (χ2n) is 8.63. The average Bonchev–Trinajstić information content (AvgIpc) is 2.99. The number of anilines is 1. The standard InChI is InChI=1S/C22H26FN5O2/c1-11(2)17-10-15(18-12(3)27-28(20(18)26-17)22(4,5)6)21(30)25-13-7-8-16(23)14(9-13)19(24)29/h7-11H,1-6H3,(H2,24,29)(H,25,30). The molecule has 0 aliphatic carbocycles. The Morgan fingerprint density at radius 2 is 1.83 bits per heavy atom. The van der Waals surface area contributed by atoms with Crippen LogP contribution >= 0.6 is 0 Å². The summed E-state index contributed by atoms with van der Waals surface area (Å²) < 4.78 is 15.6. The molecule has 0 atom stereocenters. The fourth-order valence-electron chi connectivity index (χ4n) is 3.24. The monoisotopic (exact) mass is 411 g/mol. The molecule has 0 radical (unpaired) electrons. The first-order chi connectivity index (χ1) is 13.9. The van der Waals surface area contributed by atoms with E-state index in [2.05, 4.69) is 10.4 Å². The predicted octanol–water partition coefficient (Wildman–Crippen LogP) is 4.11. The lowest BCUT2D eigenvalue weighted by molar-refractivity contribution is 0.0992. The van der Waals surface area contributed by atoms with Gasteiger partial charge in [0.05, 0.1) is 27.7 Å². The van der Waals surface area contributed by atoms with E-state index in [-0.39, 0.29) is 22.7 Å². The van der Waals surface area contributed by atoms with Crippen LogP contribution in [0.15, 0.2) is 24.3 Å². The molecule has 0 fully saturated rings. The minimum Gasteiger partial charge on any atom is -0.366 e. The zero-order valence-corrected chi connectivity index (χ0v) is 18.0. The third-order valence-electron chi connectivity index (χ3n) is 4.79. The maximum absolute atomic E-state index is 13.8. The van der Waals surface area contributed by atoms with E-state index < -0.39 is 17.6 Å². The van der Waals surface area contributed by atoms with Crippen LogP contribution in [0.5, 0.6) is 0 Å². The van der Waals surface area contributed by atoms with Crippen molar-refractivity contribution >= 4 is 28.5 Å². The number of hydrogen-bond donors (Lipinski definition) is 2. The molecule has 8 heteroatoms. The highest BCUT2D eigenvalue weighted by molar-refractivity contribution is 6.13. The molecular weight excluding hydrogens is 385 g/mol. The summed E-state index contributed by atoms with van der Waals surface area (Å²) in [6.07, 6.45) is 0. The molecule has 0 bridgehead atoms. The maximum atomic E-state index is 13.8. The van der Waals surface area contributed by atoms with Crippen LogP contribution in [0, 0.1) is 12.7 Å². The smallest absolute Gasteiger partial charge is 0.256 e. The number of rotatable bonds is 4. The number of halogens is 1. The molecule has 0 aliphatic heterocycles. The Morgan fingerprint density at radius 1 is 1.17 bits per heavy atom. The number of pyridine rings is 1. The lowest BCUT2D eigenvalue weighted by atomic mass is 10.0. The summed E-state index contributed by atoms with van der Waals surface area (Å²) in [7, 11) is 0. The van der Waals surface area contributed by atoms with Gasteiger partial charge in [0, 0.05) is 11.4 Å². The molecule has 0 spiro atoms. The molecule has 3 N–H and O–H groups in total. The second kappa shape index (κ2) is 7.51. The number of nitrogens with one attached hydrogen (secondary N) is 1. The van der Waals surface area contributed by atoms with E-state index in [0.29, 0.717) is 22.3 Å². The minimum atomic E-state index is -0.903. The molecule has 158 valence electrons. The van der Waals surface area contributed by atoms with Crippen molar-refractivity contribution in [3.63, 3.8) is 0 Å². The highest BCUT2D eigenvalue weighted by atomic mass is 19.1. The van der Waals surface area contributed by atoms with Gasteiger partial charge in [-0.3, -0.25) is 9.59 Å². The largest absolute Gasteiger partial charge is 0.366 e. The van der Waals surface area contributed by atoms with E-state index in [0.717, 1.165) is 11.8 Å². The molecule has 0 unspecified atom stereocenters. The van der Waals surface area contributed by atoms with Crippen LogP contribution in [0.3, 0.4) is 0 Å². The number of fused-ring (bicyclic) bond motifs is 1. The summed E-state index contributed by atoms with van der Waals surface area (Å²) in [6.45, 7) is 11.9. The fraction of sp³-hybridized carbons (Fsp3) is 0.364. The number of benzene rings is 1. The number of carbonyl (C=O) groups excluding carboxylic acids is 2. The first-order valence-corrected chi connectivity index (χ1v) is 9.71. The summed E-state index contributed by atoms with van der Waals surface area (Å²) >= 11 is 0. The number of amides is 2. The third kappa shape index (κ3) is 3.90. The van der Waals surface area contributed by atoms with Gasteiger partial charge in [0.2, 0.25) is 0 Å². The summed E-state index contributed by atoms with van der Waals surface area (Å²) in [5.74, 6) is -1.95. The van der Waals surface area contributed by atoms with Gasteiger partial charge in [-0.25, -0.2) is 14.1 Å². The van der Waals surface area contributed by atoms with Gasteiger partial charge < -0.3 is 11.1 Å². The number of nitrogens with zero attached hydrogens (tertiary/aromatic N) is 3. The predicted molar refractivity (Wildman–Crippen MR) is 114 cm³/mol. The molecule has 3 aromatic rings. The Kier molecular flexibility index (Phi) is 5.36. The van der Waals surface area contributed by atoms with E-state index in [1.165, 1.54) is 12.1 Å². The molecule has 2 aromatic heterocycles. The minimum absolute atomic E-state index is 0.0943. The number of hydrogen-bond acceptors (Lipinski definition) is 4. The van der Waals surface area contributed by atoms with E-state index in [9.17, 15) is 14.0 Å². The van der Waals surface area contributed by atoms with Gasteiger partial charge in [-0.1, -0.05) is 13.8 Å². The number of aromatic nitrogens is 3. The average molecular weight is 411 g/mol. The molecule has 3 rings (SSSR count). The van der Waals surface area contributed by atoms with Gasteiger partial charge >= 0.3 is 0 Å².